The van der Waals surface area contributed by atoms with E-state index < -0.39 is 0 Å². The van der Waals surface area contributed by atoms with Crippen LogP contribution in [0.15, 0.2) is 42.5 Å². The fourth-order valence-electron chi connectivity index (χ4n) is 2.72. The molecule has 0 aromatic heterocycles. The van der Waals surface area contributed by atoms with Crippen molar-refractivity contribution in [1.82, 2.24) is 0 Å². The van der Waals surface area contributed by atoms with E-state index in [4.69, 9.17) is 9.47 Å². The lowest BCUT2D eigenvalue weighted by atomic mass is 9.90. The van der Waals surface area contributed by atoms with Gasteiger partial charge >= 0.3 is 5.97 Å². The Bertz CT molecular complexity index is 661. The van der Waals surface area contributed by atoms with Crippen LogP contribution in [-0.2, 0) is 12.8 Å². The van der Waals surface area contributed by atoms with Crippen LogP contribution in [0.25, 0.3) is 0 Å². The summed E-state index contributed by atoms with van der Waals surface area (Å²) in [7, 11) is 1.56. The second-order valence-corrected chi connectivity index (χ2v) is 5.23. The van der Waals surface area contributed by atoms with E-state index in [0.29, 0.717) is 17.1 Å². The number of aryl methyl sites for hydroxylation is 2. The van der Waals surface area contributed by atoms with Gasteiger partial charge in [-0.3, -0.25) is 0 Å². The van der Waals surface area contributed by atoms with Crippen LogP contribution in [0.2, 0.25) is 0 Å². The quantitative estimate of drug-likeness (QED) is 0.634. The second-order valence-electron chi connectivity index (χ2n) is 5.23. The normalized spacial score (nSPS) is 13.4. The smallest absolute Gasteiger partial charge is 0.343 e. The van der Waals surface area contributed by atoms with Gasteiger partial charge < -0.3 is 9.47 Å². The van der Waals surface area contributed by atoms with Gasteiger partial charge in [0.25, 0.3) is 0 Å². The molecule has 0 saturated heterocycles. The predicted octanol–water partition coefficient (Wildman–Crippen LogP) is 3.79. The summed E-state index contributed by atoms with van der Waals surface area (Å²) in [4.78, 5) is 12.3. The van der Waals surface area contributed by atoms with Gasteiger partial charge in [-0.2, -0.15) is 0 Å². The maximum absolute atomic E-state index is 12.3. The van der Waals surface area contributed by atoms with Crippen molar-refractivity contribution in [2.75, 3.05) is 7.11 Å². The number of carbonyl (C=O) groups is 1. The average Bonchev–Trinajstić information content (AvgIpc) is 2.55. The molecule has 0 unspecified atom stereocenters. The van der Waals surface area contributed by atoms with E-state index in [1.165, 1.54) is 24.0 Å². The fourth-order valence-corrected chi connectivity index (χ4v) is 2.72. The Morgan fingerprint density at radius 1 is 0.952 bits per heavy atom. The highest BCUT2D eigenvalue weighted by atomic mass is 16.6. The molecule has 0 N–H and O–H groups in total. The summed E-state index contributed by atoms with van der Waals surface area (Å²) in [6.07, 6.45) is 4.58. The third kappa shape index (κ3) is 2.92. The standard InChI is InChI=1S/C18H18O3/c1-20-16-8-4-5-9-17(16)21-18(19)15-11-10-13-6-2-3-7-14(13)12-15/h4-5,8-12H,2-3,6-7H2,1H3. The van der Waals surface area contributed by atoms with Crippen LogP contribution in [0.1, 0.15) is 34.3 Å². The van der Waals surface area contributed by atoms with Gasteiger partial charge in [-0.25, -0.2) is 4.79 Å². The van der Waals surface area contributed by atoms with Crippen molar-refractivity contribution in [3.05, 3.63) is 59.2 Å². The number of ether oxygens (including phenoxy) is 2. The summed E-state index contributed by atoms with van der Waals surface area (Å²) in [6.45, 7) is 0. The highest BCUT2D eigenvalue weighted by molar-refractivity contribution is 5.91. The highest BCUT2D eigenvalue weighted by Crippen LogP contribution is 2.27. The molecule has 1 aliphatic carbocycles. The molecule has 108 valence electrons. The second kappa shape index (κ2) is 6.00. The van der Waals surface area contributed by atoms with E-state index in [1.54, 1.807) is 19.2 Å². The van der Waals surface area contributed by atoms with E-state index in [1.807, 2.05) is 30.3 Å². The molecule has 3 nitrogen and oxygen atoms in total. The molecule has 0 heterocycles. The van der Waals surface area contributed by atoms with Gasteiger partial charge in [-0.15, -0.1) is 0 Å². The molecule has 2 aromatic rings. The number of rotatable bonds is 3. The zero-order valence-corrected chi connectivity index (χ0v) is 12.1. The Morgan fingerprint density at radius 3 is 2.43 bits per heavy atom. The zero-order chi connectivity index (χ0) is 14.7. The zero-order valence-electron chi connectivity index (χ0n) is 12.1. The van der Waals surface area contributed by atoms with E-state index in [2.05, 4.69) is 0 Å². The Labute approximate surface area is 124 Å². The minimum absolute atomic E-state index is 0.340. The minimum Gasteiger partial charge on any atom is -0.493 e. The summed E-state index contributed by atoms with van der Waals surface area (Å²) < 4.78 is 10.6. The summed E-state index contributed by atoms with van der Waals surface area (Å²) in [5, 5.41) is 0. The van der Waals surface area contributed by atoms with Gasteiger partial charge in [0.15, 0.2) is 11.5 Å². The minimum atomic E-state index is -0.340. The molecule has 0 fully saturated rings. The van der Waals surface area contributed by atoms with Crippen molar-refractivity contribution in [1.29, 1.82) is 0 Å². The number of fused-ring (bicyclic) bond motifs is 1. The lowest BCUT2D eigenvalue weighted by Crippen LogP contribution is -2.11. The van der Waals surface area contributed by atoms with Gasteiger partial charge in [-0.1, -0.05) is 18.2 Å². The summed E-state index contributed by atoms with van der Waals surface area (Å²) >= 11 is 0. The van der Waals surface area contributed by atoms with Crippen LogP contribution in [0.3, 0.4) is 0 Å². The van der Waals surface area contributed by atoms with Crippen LogP contribution in [0, 0.1) is 0 Å². The number of hydrogen-bond donors (Lipinski definition) is 0. The molecule has 0 atom stereocenters. The van der Waals surface area contributed by atoms with Crippen LogP contribution in [-0.4, -0.2) is 13.1 Å². The van der Waals surface area contributed by atoms with Gasteiger partial charge in [0.2, 0.25) is 0 Å². The topological polar surface area (TPSA) is 35.5 Å². The number of para-hydroxylation sites is 2. The first-order valence-corrected chi connectivity index (χ1v) is 7.25. The van der Waals surface area contributed by atoms with Crippen LogP contribution in [0.4, 0.5) is 0 Å². The first-order chi connectivity index (χ1) is 10.3. The van der Waals surface area contributed by atoms with Crippen LogP contribution < -0.4 is 9.47 Å². The molecule has 21 heavy (non-hydrogen) atoms. The van der Waals surface area contributed by atoms with Crippen molar-refractivity contribution in [2.45, 2.75) is 25.7 Å². The fraction of sp³-hybridized carbons (Fsp3) is 0.278. The number of carbonyl (C=O) groups excluding carboxylic acids is 1. The summed E-state index contributed by atoms with van der Waals surface area (Å²) in [5.74, 6) is 0.666. The average molecular weight is 282 g/mol. The van der Waals surface area contributed by atoms with E-state index in [9.17, 15) is 4.79 Å². The molecule has 0 amide bonds. The Balaban J connectivity index is 1.82. The van der Waals surface area contributed by atoms with E-state index in [-0.39, 0.29) is 5.97 Å². The molecule has 0 bridgehead atoms. The lowest BCUT2D eigenvalue weighted by molar-refractivity contribution is 0.0729. The molecule has 1 aliphatic rings. The molecule has 0 radical (unpaired) electrons. The Hall–Kier alpha value is -2.29. The van der Waals surface area contributed by atoms with E-state index in [0.717, 1.165) is 12.8 Å². The first kappa shape index (κ1) is 13.7. The molecule has 0 spiro atoms. The molecule has 3 heteroatoms. The Kier molecular flexibility index (Phi) is 3.91. The highest BCUT2D eigenvalue weighted by Gasteiger charge is 2.15. The van der Waals surface area contributed by atoms with Crippen molar-refractivity contribution < 1.29 is 14.3 Å². The van der Waals surface area contributed by atoms with Crippen molar-refractivity contribution in [3.8, 4) is 11.5 Å². The van der Waals surface area contributed by atoms with Crippen molar-refractivity contribution in [3.63, 3.8) is 0 Å². The third-order valence-electron chi connectivity index (χ3n) is 3.86. The van der Waals surface area contributed by atoms with Crippen LogP contribution in [0.5, 0.6) is 11.5 Å². The number of benzene rings is 2. The maximum Gasteiger partial charge on any atom is 0.343 e. The van der Waals surface area contributed by atoms with Gasteiger partial charge in [-0.05, 0) is 61.1 Å². The van der Waals surface area contributed by atoms with Gasteiger partial charge in [0, 0.05) is 0 Å². The predicted molar refractivity (Wildman–Crippen MR) is 81.0 cm³/mol. The van der Waals surface area contributed by atoms with Gasteiger partial charge in [0.05, 0.1) is 12.7 Å². The third-order valence-corrected chi connectivity index (χ3v) is 3.86. The monoisotopic (exact) mass is 282 g/mol. The molecule has 3 rings (SSSR count). The first-order valence-electron chi connectivity index (χ1n) is 7.25. The van der Waals surface area contributed by atoms with Gasteiger partial charge in [0.1, 0.15) is 0 Å². The SMILES string of the molecule is COc1ccccc1OC(=O)c1ccc2c(c1)CCCC2. The lowest BCUT2D eigenvalue weighted by Gasteiger charge is -2.16. The molecular formula is C18H18O3. The van der Waals surface area contributed by atoms with E-state index >= 15 is 0 Å². The summed E-state index contributed by atoms with van der Waals surface area (Å²) in [6, 6.07) is 13.0. The molecule has 2 aromatic carbocycles. The Morgan fingerprint density at radius 2 is 1.67 bits per heavy atom. The number of methoxy groups -OCH3 is 1. The molecule has 0 saturated carbocycles. The molecule has 0 aliphatic heterocycles. The largest absolute Gasteiger partial charge is 0.493 e. The van der Waals surface area contributed by atoms with Crippen molar-refractivity contribution in [2.24, 2.45) is 0 Å². The molecular weight excluding hydrogens is 264 g/mol. The van der Waals surface area contributed by atoms with Crippen molar-refractivity contribution >= 4 is 5.97 Å². The van der Waals surface area contributed by atoms with Crippen LogP contribution >= 0.6 is 0 Å². The summed E-state index contributed by atoms with van der Waals surface area (Å²) in [5.41, 5.74) is 3.23. The number of esters is 1. The number of hydrogen-bond acceptors (Lipinski definition) is 3. The maximum atomic E-state index is 12.3.